The van der Waals surface area contributed by atoms with Gasteiger partial charge in [0.25, 0.3) is 0 Å². The van der Waals surface area contributed by atoms with Crippen LogP contribution in [-0.2, 0) is 10.0 Å². The van der Waals surface area contributed by atoms with E-state index >= 15 is 0 Å². The zero-order valence-electron chi connectivity index (χ0n) is 11.4. The van der Waals surface area contributed by atoms with Gasteiger partial charge in [-0.1, -0.05) is 34.8 Å². The smallest absolute Gasteiger partial charge is 0.505 e. The maximum atomic E-state index is 12.9. The number of benzene rings is 1. The molecular formula is C12H13Cl3NO5S+. The summed E-state index contributed by atoms with van der Waals surface area (Å²) in [5.41, 5.74) is 0. The third kappa shape index (κ3) is 2.27. The second-order valence-electron chi connectivity index (χ2n) is 5.10. The number of sulfonamides is 1. The molecule has 0 radical (unpaired) electrons. The van der Waals surface area contributed by atoms with Gasteiger partial charge in [0, 0.05) is 12.8 Å². The van der Waals surface area contributed by atoms with E-state index in [1.807, 2.05) is 0 Å². The van der Waals surface area contributed by atoms with Crippen molar-refractivity contribution in [1.82, 2.24) is 0 Å². The summed E-state index contributed by atoms with van der Waals surface area (Å²) in [6.07, 6.45) is -0.643. The zero-order chi connectivity index (χ0) is 16.9. The summed E-state index contributed by atoms with van der Waals surface area (Å²) in [4.78, 5) is 11.1. The Balaban J connectivity index is 2.78. The minimum Gasteiger partial charge on any atom is -0.505 e. The zero-order valence-corrected chi connectivity index (χ0v) is 14.5. The summed E-state index contributed by atoms with van der Waals surface area (Å²) in [5, 5.41) is 18.8. The van der Waals surface area contributed by atoms with Gasteiger partial charge in [-0.3, -0.25) is 0 Å². The standard InChI is InChI=1S/C12H12Cl3NO5S/c1-6-3-2-4-16(6,12(18)19)22(20,21)8-5-7(13)9(14)10(15)11(8)17/h5-6H,2-4H2,1H3,(H-,17,18,19)/p+1/t6-,16?/m1/s1. The van der Waals surface area contributed by atoms with E-state index in [9.17, 15) is 23.4 Å². The van der Waals surface area contributed by atoms with Crippen molar-refractivity contribution in [3.05, 3.63) is 21.1 Å². The predicted octanol–water partition coefficient (Wildman–Crippen LogP) is 3.72. The molecule has 1 amide bonds. The van der Waals surface area contributed by atoms with Crippen molar-refractivity contribution in [3.8, 4) is 5.75 Å². The molecule has 1 fully saturated rings. The normalized spacial score (nSPS) is 25.4. The van der Waals surface area contributed by atoms with Crippen LogP contribution in [0.4, 0.5) is 4.79 Å². The first-order chi connectivity index (χ1) is 10.1. The molecule has 2 atom stereocenters. The fourth-order valence-electron chi connectivity index (χ4n) is 2.73. The number of phenols is 1. The van der Waals surface area contributed by atoms with E-state index in [2.05, 4.69) is 0 Å². The lowest BCUT2D eigenvalue weighted by Crippen LogP contribution is -2.58. The maximum Gasteiger partial charge on any atom is 0.529 e. The van der Waals surface area contributed by atoms with Crippen molar-refractivity contribution in [2.45, 2.75) is 30.7 Å². The van der Waals surface area contributed by atoms with Gasteiger partial charge >= 0.3 is 16.1 Å². The van der Waals surface area contributed by atoms with Gasteiger partial charge in [0.1, 0.15) is 17.6 Å². The van der Waals surface area contributed by atoms with E-state index in [1.54, 1.807) is 0 Å². The predicted molar refractivity (Wildman–Crippen MR) is 82.2 cm³/mol. The number of aromatic hydroxyl groups is 1. The third-order valence-corrected chi connectivity index (χ3v) is 7.63. The number of hydrogen-bond donors (Lipinski definition) is 2. The van der Waals surface area contributed by atoms with Crippen LogP contribution in [0.2, 0.25) is 15.1 Å². The van der Waals surface area contributed by atoms with E-state index < -0.39 is 41.7 Å². The summed E-state index contributed by atoms with van der Waals surface area (Å²) < 4.78 is 24.6. The van der Waals surface area contributed by atoms with E-state index in [-0.39, 0.29) is 16.6 Å². The topological polar surface area (TPSA) is 91.7 Å². The molecule has 1 aliphatic rings. The van der Waals surface area contributed by atoms with Gasteiger partial charge in [0.15, 0.2) is 10.6 Å². The molecule has 1 aromatic carbocycles. The van der Waals surface area contributed by atoms with Crippen LogP contribution in [0.5, 0.6) is 5.75 Å². The average Bonchev–Trinajstić information content (AvgIpc) is 2.83. The highest BCUT2D eigenvalue weighted by atomic mass is 35.5. The van der Waals surface area contributed by atoms with Gasteiger partial charge in [0.2, 0.25) is 0 Å². The first-order valence-electron chi connectivity index (χ1n) is 6.30. The van der Waals surface area contributed by atoms with E-state index in [1.165, 1.54) is 6.92 Å². The molecule has 1 heterocycles. The van der Waals surface area contributed by atoms with Crippen molar-refractivity contribution in [3.63, 3.8) is 0 Å². The van der Waals surface area contributed by atoms with Gasteiger partial charge in [-0.05, 0) is 13.0 Å². The molecule has 0 bridgehead atoms. The largest absolute Gasteiger partial charge is 0.529 e. The quantitative estimate of drug-likeness (QED) is 0.594. The van der Waals surface area contributed by atoms with E-state index in [0.717, 1.165) is 6.07 Å². The van der Waals surface area contributed by atoms with Crippen LogP contribution in [0, 0.1) is 0 Å². The number of hydrogen-bond acceptors (Lipinski definition) is 4. The fourth-order valence-corrected chi connectivity index (χ4v) is 5.57. The van der Waals surface area contributed by atoms with Crippen LogP contribution in [0.1, 0.15) is 19.8 Å². The number of amides is 1. The summed E-state index contributed by atoms with van der Waals surface area (Å²) in [6, 6.07) is 0.254. The molecule has 0 aliphatic carbocycles. The van der Waals surface area contributed by atoms with Crippen molar-refractivity contribution >= 4 is 50.9 Å². The first kappa shape index (κ1) is 17.6. The van der Waals surface area contributed by atoms with Crippen molar-refractivity contribution in [2.75, 3.05) is 6.54 Å². The van der Waals surface area contributed by atoms with Crippen molar-refractivity contribution < 1.29 is 27.3 Å². The number of nitrogens with zero attached hydrogens (tertiary/aromatic N) is 1. The number of carboxylic acid groups (broad SMARTS) is 1. The molecule has 0 spiro atoms. The van der Waals surface area contributed by atoms with Crippen LogP contribution in [0.15, 0.2) is 11.0 Å². The molecule has 10 heteroatoms. The van der Waals surface area contributed by atoms with Crippen LogP contribution >= 0.6 is 34.8 Å². The van der Waals surface area contributed by atoms with Crippen LogP contribution in [0.3, 0.4) is 0 Å². The van der Waals surface area contributed by atoms with Crippen LogP contribution < -0.4 is 0 Å². The monoisotopic (exact) mass is 388 g/mol. The summed E-state index contributed by atoms with van der Waals surface area (Å²) in [7, 11) is -4.48. The first-order valence-corrected chi connectivity index (χ1v) is 8.87. The number of rotatable bonds is 2. The number of halogens is 3. The van der Waals surface area contributed by atoms with Crippen molar-refractivity contribution in [1.29, 1.82) is 0 Å². The number of likely N-dealkylation sites (tertiary alicyclic amines) is 1. The Labute approximate surface area is 142 Å². The van der Waals surface area contributed by atoms with E-state index in [0.29, 0.717) is 12.8 Å². The van der Waals surface area contributed by atoms with Gasteiger partial charge in [-0.15, -0.1) is 3.89 Å². The molecule has 6 nitrogen and oxygen atoms in total. The van der Waals surface area contributed by atoms with Crippen LogP contribution in [-0.4, -0.2) is 41.2 Å². The lowest BCUT2D eigenvalue weighted by molar-refractivity contribution is -0.741. The maximum absolute atomic E-state index is 12.9. The van der Waals surface area contributed by atoms with Crippen LogP contribution in [0.25, 0.3) is 0 Å². The number of carbonyl (C=O) groups is 1. The lowest BCUT2D eigenvalue weighted by Gasteiger charge is -2.31. The Kier molecular flexibility index (Phi) is 4.58. The highest BCUT2D eigenvalue weighted by Crippen LogP contribution is 2.45. The number of phenolic OH excluding ortho intramolecular Hbond substituents is 1. The van der Waals surface area contributed by atoms with Gasteiger partial charge in [-0.25, -0.2) is 0 Å². The van der Waals surface area contributed by atoms with E-state index in [4.69, 9.17) is 34.8 Å². The second kappa shape index (κ2) is 5.72. The highest BCUT2D eigenvalue weighted by molar-refractivity contribution is 7.86. The van der Waals surface area contributed by atoms with Crippen molar-refractivity contribution in [2.24, 2.45) is 0 Å². The SMILES string of the molecule is C[C@@H]1CCC[N+]1(C(=O)O)S(=O)(=O)c1cc(Cl)c(Cl)c(Cl)c1O. The molecule has 1 saturated heterocycles. The fraction of sp³-hybridized carbons (Fsp3) is 0.417. The average molecular weight is 390 g/mol. The molecule has 22 heavy (non-hydrogen) atoms. The summed E-state index contributed by atoms with van der Waals surface area (Å²) >= 11 is 17.3. The van der Waals surface area contributed by atoms with Gasteiger partial charge < -0.3 is 10.2 Å². The Hall–Kier alpha value is -0.730. The summed E-state index contributed by atoms with van der Waals surface area (Å²) in [6.45, 7) is 1.44. The minimum absolute atomic E-state index is 0.101. The molecule has 1 aliphatic heterocycles. The molecule has 1 unspecified atom stereocenters. The van der Waals surface area contributed by atoms with Gasteiger partial charge in [0.05, 0.1) is 10.0 Å². The molecular weight excluding hydrogens is 377 g/mol. The van der Waals surface area contributed by atoms with Gasteiger partial charge in [-0.2, -0.15) is 13.2 Å². The minimum atomic E-state index is -4.48. The highest BCUT2D eigenvalue weighted by Gasteiger charge is 2.58. The number of quaternary nitrogens is 1. The summed E-state index contributed by atoms with van der Waals surface area (Å²) in [5.74, 6) is -0.797. The second-order valence-corrected chi connectivity index (χ2v) is 8.31. The lowest BCUT2D eigenvalue weighted by atomic mass is 10.2. The Morgan fingerprint density at radius 1 is 1.32 bits per heavy atom. The molecule has 2 N–H and O–H groups in total. The Morgan fingerprint density at radius 3 is 2.36 bits per heavy atom. The molecule has 2 rings (SSSR count). The molecule has 0 saturated carbocycles. The Bertz CT molecular complexity index is 752. The Morgan fingerprint density at radius 2 is 1.91 bits per heavy atom. The molecule has 122 valence electrons. The molecule has 1 aromatic rings. The molecule has 0 aromatic heterocycles. The third-order valence-electron chi connectivity index (χ3n) is 3.96.